The van der Waals surface area contributed by atoms with Gasteiger partial charge < -0.3 is 10.3 Å². The first kappa shape index (κ1) is 18.0. The normalized spacial score (nSPS) is 10.7. The zero-order valence-electron chi connectivity index (χ0n) is 15.9. The van der Waals surface area contributed by atoms with E-state index in [0.29, 0.717) is 22.9 Å². The van der Waals surface area contributed by atoms with Crippen molar-refractivity contribution in [1.29, 1.82) is 0 Å². The summed E-state index contributed by atoms with van der Waals surface area (Å²) in [6.45, 7) is 0. The number of imidazole rings is 1. The van der Waals surface area contributed by atoms with Crippen LogP contribution in [-0.2, 0) is 7.05 Å². The van der Waals surface area contributed by atoms with E-state index in [1.54, 1.807) is 6.20 Å². The van der Waals surface area contributed by atoms with Gasteiger partial charge in [0.15, 0.2) is 11.6 Å². The van der Waals surface area contributed by atoms with E-state index in [9.17, 15) is 0 Å². The van der Waals surface area contributed by atoms with Crippen LogP contribution >= 0.6 is 11.3 Å². The Hall–Kier alpha value is -4.09. The molecule has 0 amide bonds. The first-order valence-electron chi connectivity index (χ1n) is 9.13. The Labute approximate surface area is 176 Å². The van der Waals surface area contributed by atoms with Crippen LogP contribution in [0.15, 0.2) is 61.1 Å². The smallest absolute Gasteiger partial charge is 0.186 e. The van der Waals surface area contributed by atoms with E-state index in [4.69, 9.17) is 15.7 Å². The van der Waals surface area contributed by atoms with Gasteiger partial charge in [0.25, 0.3) is 0 Å². The number of rotatable bonds is 2. The fourth-order valence-corrected chi connectivity index (χ4v) is 4.08. The molecule has 1 aromatic carbocycles. The Morgan fingerprint density at radius 2 is 1.77 bits per heavy atom. The van der Waals surface area contributed by atoms with E-state index in [2.05, 4.69) is 26.8 Å². The van der Waals surface area contributed by atoms with Gasteiger partial charge in [-0.3, -0.25) is 0 Å². The Morgan fingerprint density at radius 3 is 2.53 bits per heavy atom. The second kappa shape index (κ2) is 7.39. The van der Waals surface area contributed by atoms with Crippen molar-refractivity contribution in [3.05, 3.63) is 72.6 Å². The SMILES string of the molecule is Cn1c(C#Cc2ccccn2)nc(-c2ccccc2)c1-c1nc2c(N)ncnc2s1. The number of nitrogens with two attached hydrogens (primary N) is 1. The van der Waals surface area contributed by atoms with E-state index in [1.807, 2.05) is 60.1 Å². The number of anilines is 1. The summed E-state index contributed by atoms with van der Waals surface area (Å²) in [4.78, 5) is 22.9. The molecule has 0 unspecified atom stereocenters. The first-order chi connectivity index (χ1) is 14.7. The average Bonchev–Trinajstić information content (AvgIpc) is 3.35. The molecule has 2 N–H and O–H groups in total. The molecule has 0 atom stereocenters. The third-order valence-electron chi connectivity index (χ3n) is 4.54. The molecule has 0 saturated heterocycles. The van der Waals surface area contributed by atoms with Crippen LogP contribution in [0, 0.1) is 11.8 Å². The Kier molecular flexibility index (Phi) is 4.42. The van der Waals surface area contributed by atoms with Crippen molar-refractivity contribution in [2.75, 3.05) is 5.73 Å². The highest BCUT2D eigenvalue weighted by Crippen LogP contribution is 2.36. The number of pyridine rings is 1. The van der Waals surface area contributed by atoms with Crippen molar-refractivity contribution in [3.8, 4) is 33.8 Å². The fraction of sp³-hybridized carbons (Fsp3) is 0.0455. The van der Waals surface area contributed by atoms with Crippen LogP contribution in [0.1, 0.15) is 11.5 Å². The zero-order valence-corrected chi connectivity index (χ0v) is 16.8. The average molecular weight is 409 g/mol. The van der Waals surface area contributed by atoms with E-state index in [1.165, 1.54) is 17.7 Å². The van der Waals surface area contributed by atoms with Crippen molar-refractivity contribution in [3.63, 3.8) is 0 Å². The first-order valence-corrected chi connectivity index (χ1v) is 9.95. The molecule has 0 spiro atoms. The van der Waals surface area contributed by atoms with Gasteiger partial charge >= 0.3 is 0 Å². The molecule has 0 aliphatic heterocycles. The van der Waals surface area contributed by atoms with Gasteiger partial charge in [-0.25, -0.2) is 24.9 Å². The van der Waals surface area contributed by atoms with Crippen molar-refractivity contribution in [2.24, 2.45) is 7.05 Å². The monoisotopic (exact) mass is 409 g/mol. The lowest BCUT2D eigenvalue weighted by molar-refractivity contribution is 0.900. The standard InChI is InChI=1S/C22H15N7S/c1-29-16(11-10-15-9-5-6-12-24-15)27-17(14-7-3-2-4-8-14)19(29)22-28-18-20(23)25-13-26-21(18)30-22/h2-9,12-13H,1H3,(H2,23,25,26). The van der Waals surface area contributed by atoms with Crippen LogP contribution in [0.2, 0.25) is 0 Å². The summed E-state index contributed by atoms with van der Waals surface area (Å²) < 4.78 is 1.94. The predicted octanol–water partition coefficient (Wildman–Crippen LogP) is 3.53. The Balaban J connectivity index is 1.71. The number of benzene rings is 1. The second-order valence-corrected chi connectivity index (χ2v) is 7.43. The van der Waals surface area contributed by atoms with Crippen molar-refractivity contribution >= 4 is 27.5 Å². The summed E-state index contributed by atoms with van der Waals surface area (Å²) in [7, 11) is 1.93. The topological polar surface area (TPSA) is 95.4 Å². The number of nitrogen functional groups attached to an aromatic ring is 1. The second-order valence-electron chi connectivity index (χ2n) is 6.45. The minimum absolute atomic E-state index is 0.362. The van der Waals surface area contributed by atoms with Gasteiger partial charge in [-0.2, -0.15) is 0 Å². The molecule has 5 rings (SSSR count). The molecule has 5 aromatic rings. The van der Waals surface area contributed by atoms with Gasteiger partial charge in [0.2, 0.25) is 0 Å². The third kappa shape index (κ3) is 3.17. The summed E-state index contributed by atoms with van der Waals surface area (Å²) in [6, 6.07) is 15.6. The van der Waals surface area contributed by atoms with E-state index in [-0.39, 0.29) is 0 Å². The molecule has 0 aliphatic rings. The molecule has 144 valence electrons. The molecule has 0 aliphatic carbocycles. The predicted molar refractivity (Wildman–Crippen MR) is 117 cm³/mol. The summed E-state index contributed by atoms with van der Waals surface area (Å²) in [5, 5.41) is 0.761. The van der Waals surface area contributed by atoms with Crippen LogP contribution in [-0.4, -0.2) is 29.5 Å². The largest absolute Gasteiger partial charge is 0.382 e. The number of thiazole rings is 1. The van der Waals surface area contributed by atoms with Crippen molar-refractivity contribution < 1.29 is 0 Å². The summed E-state index contributed by atoms with van der Waals surface area (Å²) in [5.74, 6) is 7.20. The van der Waals surface area contributed by atoms with Crippen LogP contribution in [0.5, 0.6) is 0 Å². The highest BCUT2D eigenvalue weighted by Gasteiger charge is 2.21. The maximum absolute atomic E-state index is 5.99. The van der Waals surface area contributed by atoms with Crippen LogP contribution in [0.3, 0.4) is 0 Å². The molecule has 4 heterocycles. The number of aromatic nitrogens is 6. The Morgan fingerprint density at radius 1 is 0.933 bits per heavy atom. The lowest BCUT2D eigenvalue weighted by atomic mass is 10.1. The molecular formula is C22H15N7S. The summed E-state index contributed by atoms with van der Waals surface area (Å²) in [6.07, 6.45) is 3.17. The Bertz CT molecular complexity index is 1410. The van der Waals surface area contributed by atoms with Gasteiger partial charge in [0, 0.05) is 18.8 Å². The minimum Gasteiger partial charge on any atom is -0.382 e. The van der Waals surface area contributed by atoms with Crippen molar-refractivity contribution in [1.82, 2.24) is 29.5 Å². The highest BCUT2D eigenvalue weighted by atomic mass is 32.1. The summed E-state index contributed by atoms with van der Waals surface area (Å²) in [5.41, 5.74) is 9.91. The van der Waals surface area contributed by atoms with Gasteiger partial charge in [-0.05, 0) is 24.0 Å². The minimum atomic E-state index is 0.362. The maximum Gasteiger partial charge on any atom is 0.186 e. The van der Waals surface area contributed by atoms with Gasteiger partial charge in [0.1, 0.15) is 38.8 Å². The van der Waals surface area contributed by atoms with E-state index < -0.39 is 0 Å². The van der Waals surface area contributed by atoms with Crippen LogP contribution < -0.4 is 5.73 Å². The molecule has 0 fully saturated rings. The molecule has 0 radical (unpaired) electrons. The molecule has 8 heteroatoms. The quantitative estimate of drug-likeness (QED) is 0.448. The molecule has 0 saturated carbocycles. The summed E-state index contributed by atoms with van der Waals surface area (Å²) >= 11 is 1.45. The van der Waals surface area contributed by atoms with Gasteiger partial charge in [0.05, 0.1) is 0 Å². The zero-order chi connectivity index (χ0) is 20.5. The van der Waals surface area contributed by atoms with Crippen LogP contribution in [0.25, 0.3) is 32.3 Å². The lowest BCUT2D eigenvalue weighted by Crippen LogP contribution is -1.96. The number of nitrogens with zero attached hydrogens (tertiary/aromatic N) is 6. The molecule has 30 heavy (non-hydrogen) atoms. The number of hydrogen-bond acceptors (Lipinski definition) is 7. The number of fused-ring (bicyclic) bond motifs is 1. The third-order valence-corrected chi connectivity index (χ3v) is 5.51. The fourth-order valence-electron chi connectivity index (χ4n) is 3.08. The number of hydrogen-bond donors (Lipinski definition) is 1. The van der Waals surface area contributed by atoms with Gasteiger partial charge in [-0.15, -0.1) is 0 Å². The van der Waals surface area contributed by atoms with E-state index in [0.717, 1.165) is 26.8 Å². The molecular weight excluding hydrogens is 394 g/mol. The highest BCUT2D eigenvalue weighted by molar-refractivity contribution is 7.21. The van der Waals surface area contributed by atoms with E-state index >= 15 is 0 Å². The van der Waals surface area contributed by atoms with Crippen LogP contribution in [0.4, 0.5) is 5.82 Å². The maximum atomic E-state index is 5.99. The molecule has 0 bridgehead atoms. The van der Waals surface area contributed by atoms with Gasteiger partial charge in [-0.1, -0.05) is 47.7 Å². The molecule has 4 aromatic heterocycles. The molecule has 7 nitrogen and oxygen atoms in total. The van der Waals surface area contributed by atoms with Crippen molar-refractivity contribution in [2.45, 2.75) is 0 Å². The lowest BCUT2D eigenvalue weighted by Gasteiger charge is -2.03.